The van der Waals surface area contributed by atoms with Crippen molar-refractivity contribution in [3.8, 4) is 11.3 Å². The molecular formula is C21H18FN3O3. The first-order valence-electron chi connectivity index (χ1n) is 8.95. The molecule has 0 spiro atoms. The number of halogens is 1. The van der Waals surface area contributed by atoms with Gasteiger partial charge in [-0.3, -0.25) is 10.1 Å². The topological polar surface area (TPSA) is 68.5 Å². The Kier molecular flexibility index (Phi) is 4.99. The lowest BCUT2D eigenvalue weighted by Crippen LogP contribution is -2.38. The Bertz CT molecular complexity index is 980. The molecule has 7 heteroatoms. The predicted octanol–water partition coefficient (Wildman–Crippen LogP) is 4.37. The molecule has 2 aromatic carbocycles. The predicted molar refractivity (Wildman–Crippen MR) is 104 cm³/mol. The zero-order chi connectivity index (χ0) is 19.5. The van der Waals surface area contributed by atoms with Crippen molar-refractivity contribution in [2.45, 2.75) is 6.10 Å². The molecule has 6 nitrogen and oxygen atoms in total. The van der Waals surface area contributed by atoms with Gasteiger partial charge in [0.25, 0.3) is 5.69 Å². The van der Waals surface area contributed by atoms with Crippen LogP contribution in [-0.4, -0.2) is 29.6 Å². The molecule has 1 atom stereocenters. The highest BCUT2D eigenvalue weighted by Crippen LogP contribution is 2.32. The van der Waals surface area contributed by atoms with Crippen LogP contribution in [0.1, 0.15) is 11.7 Å². The van der Waals surface area contributed by atoms with Crippen molar-refractivity contribution in [1.82, 2.24) is 4.98 Å². The van der Waals surface area contributed by atoms with E-state index < -0.39 is 4.92 Å². The standard InChI is InChI=1S/C21H18FN3O3/c22-17-8-6-15(7-9-17)19-14-24(12-13-28-19)20-11-10-18(25(26)27)21(23-20)16-4-2-1-3-5-16/h1-11,19H,12-14H2. The van der Waals surface area contributed by atoms with E-state index in [9.17, 15) is 14.5 Å². The third-order valence-corrected chi connectivity index (χ3v) is 4.74. The summed E-state index contributed by atoms with van der Waals surface area (Å²) in [6.07, 6.45) is -0.216. The van der Waals surface area contributed by atoms with Crippen LogP contribution in [0.4, 0.5) is 15.9 Å². The van der Waals surface area contributed by atoms with E-state index in [2.05, 4.69) is 4.98 Å². The Hall–Kier alpha value is -3.32. The van der Waals surface area contributed by atoms with Gasteiger partial charge in [-0.25, -0.2) is 9.37 Å². The Morgan fingerprint density at radius 3 is 2.54 bits per heavy atom. The van der Waals surface area contributed by atoms with Gasteiger partial charge in [0.15, 0.2) is 5.69 Å². The number of ether oxygens (including phenoxy) is 1. The van der Waals surface area contributed by atoms with Crippen molar-refractivity contribution < 1.29 is 14.1 Å². The normalized spacial score (nSPS) is 16.8. The van der Waals surface area contributed by atoms with Gasteiger partial charge in [-0.15, -0.1) is 0 Å². The number of rotatable bonds is 4. The van der Waals surface area contributed by atoms with Crippen molar-refractivity contribution in [3.05, 3.63) is 88.2 Å². The van der Waals surface area contributed by atoms with E-state index >= 15 is 0 Å². The molecule has 0 bridgehead atoms. The molecule has 0 N–H and O–H groups in total. The summed E-state index contributed by atoms with van der Waals surface area (Å²) >= 11 is 0. The summed E-state index contributed by atoms with van der Waals surface area (Å²) in [6, 6.07) is 18.5. The van der Waals surface area contributed by atoms with E-state index in [1.807, 2.05) is 23.1 Å². The minimum absolute atomic E-state index is 0.0294. The summed E-state index contributed by atoms with van der Waals surface area (Å²) in [4.78, 5) is 17.7. The number of morpholine rings is 1. The van der Waals surface area contributed by atoms with Gasteiger partial charge in [-0.05, 0) is 23.8 Å². The first kappa shape index (κ1) is 18.1. The number of benzene rings is 2. The molecule has 28 heavy (non-hydrogen) atoms. The average Bonchev–Trinajstić information content (AvgIpc) is 2.74. The molecule has 0 radical (unpaired) electrons. The second-order valence-corrected chi connectivity index (χ2v) is 6.52. The van der Waals surface area contributed by atoms with E-state index in [1.165, 1.54) is 18.2 Å². The van der Waals surface area contributed by atoms with Crippen molar-refractivity contribution in [1.29, 1.82) is 0 Å². The number of nitro groups is 1. The number of nitrogens with zero attached hydrogens (tertiary/aromatic N) is 3. The van der Waals surface area contributed by atoms with Crippen LogP contribution in [0.15, 0.2) is 66.7 Å². The molecule has 4 rings (SSSR count). The summed E-state index contributed by atoms with van der Waals surface area (Å²) < 4.78 is 19.0. The maximum absolute atomic E-state index is 13.2. The van der Waals surface area contributed by atoms with Crippen molar-refractivity contribution in [2.24, 2.45) is 0 Å². The Balaban J connectivity index is 1.65. The maximum Gasteiger partial charge on any atom is 0.295 e. The van der Waals surface area contributed by atoms with Gasteiger partial charge in [0, 0.05) is 24.7 Å². The Morgan fingerprint density at radius 1 is 1.07 bits per heavy atom. The fourth-order valence-corrected chi connectivity index (χ4v) is 3.31. The zero-order valence-electron chi connectivity index (χ0n) is 15.0. The highest BCUT2D eigenvalue weighted by Gasteiger charge is 2.25. The maximum atomic E-state index is 13.2. The third-order valence-electron chi connectivity index (χ3n) is 4.74. The summed E-state index contributed by atoms with van der Waals surface area (Å²) in [5, 5.41) is 11.4. The van der Waals surface area contributed by atoms with Gasteiger partial charge in [0.1, 0.15) is 17.7 Å². The molecule has 1 fully saturated rings. The van der Waals surface area contributed by atoms with Crippen molar-refractivity contribution in [2.75, 3.05) is 24.6 Å². The minimum atomic E-state index is -0.417. The lowest BCUT2D eigenvalue weighted by molar-refractivity contribution is -0.384. The van der Waals surface area contributed by atoms with Gasteiger partial charge in [0.2, 0.25) is 0 Å². The molecule has 3 aromatic rings. The smallest absolute Gasteiger partial charge is 0.295 e. The number of pyridine rings is 1. The molecule has 0 saturated carbocycles. The SMILES string of the molecule is O=[N+]([O-])c1ccc(N2CCOC(c3ccc(F)cc3)C2)nc1-c1ccccc1. The third kappa shape index (κ3) is 3.70. The second-order valence-electron chi connectivity index (χ2n) is 6.52. The lowest BCUT2D eigenvalue weighted by atomic mass is 10.1. The zero-order valence-corrected chi connectivity index (χ0v) is 15.0. The highest BCUT2D eigenvalue weighted by atomic mass is 19.1. The van der Waals surface area contributed by atoms with Crippen LogP contribution >= 0.6 is 0 Å². The van der Waals surface area contributed by atoms with Crippen LogP contribution in [0.3, 0.4) is 0 Å². The summed E-state index contributed by atoms with van der Waals surface area (Å²) in [5.74, 6) is 0.362. The monoisotopic (exact) mass is 379 g/mol. The van der Waals surface area contributed by atoms with E-state index in [1.54, 1.807) is 30.3 Å². The van der Waals surface area contributed by atoms with Crippen molar-refractivity contribution >= 4 is 11.5 Å². The van der Waals surface area contributed by atoms with Crippen LogP contribution < -0.4 is 4.90 Å². The molecule has 1 aliphatic heterocycles. The van der Waals surface area contributed by atoms with Crippen LogP contribution in [0.25, 0.3) is 11.3 Å². The molecule has 0 amide bonds. The minimum Gasteiger partial charge on any atom is -0.370 e. The molecule has 142 valence electrons. The molecule has 1 unspecified atom stereocenters. The molecule has 1 saturated heterocycles. The van der Waals surface area contributed by atoms with Gasteiger partial charge in [0.05, 0.1) is 11.5 Å². The molecule has 2 heterocycles. The van der Waals surface area contributed by atoms with E-state index in [0.717, 1.165) is 5.56 Å². The number of anilines is 1. The Labute approximate surface area is 161 Å². The summed E-state index contributed by atoms with van der Waals surface area (Å²) in [7, 11) is 0. The highest BCUT2D eigenvalue weighted by molar-refractivity contribution is 5.71. The van der Waals surface area contributed by atoms with Crippen LogP contribution in [0.5, 0.6) is 0 Å². The fourth-order valence-electron chi connectivity index (χ4n) is 3.31. The summed E-state index contributed by atoms with van der Waals surface area (Å²) in [5.41, 5.74) is 1.89. The number of hydrogen-bond acceptors (Lipinski definition) is 5. The quantitative estimate of drug-likeness (QED) is 0.497. The van der Waals surface area contributed by atoms with Crippen LogP contribution in [0.2, 0.25) is 0 Å². The average molecular weight is 379 g/mol. The molecule has 0 aliphatic carbocycles. The summed E-state index contributed by atoms with van der Waals surface area (Å²) in [6.45, 7) is 1.64. The number of aromatic nitrogens is 1. The lowest BCUT2D eigenvalue weighted by Gasteiger charge is -2.34. The molecular weight excluding hydrogens is 361 g/mol. The van der Waals surface area contributed by atoms with E-state index in [0.29, 0.717) is 36.8 Å². The first-order chi connectivity index (χ1) is 13.6. The van der Waals surface area contributed by atoms with Crippen LogP contribution in [-0.2, 0) is 4.74 Å². The molecule has 1 aliphatic rings. The van der Waals surface area contributed by atoms with E-state index in [-0.39, 0.29) is 17.6 Å². The second kappa shape index (κ2) is 7.74. The van der Waals surface area contributed by atoms with Crippen molar-refractivity contribution in [3.63, 3.8) is 0 Å². The fraction of sp³-hybridized carbons (Fsp3) is 0.190. The van der Waals surface area contributed by atoms with Crippen LogP contribution in [0, 0.1) is 15.9 Å². The first-order valence-corrected chi connectivity index (χ1v) is 8.95. The largest absolute Gasteiger partial charge is 0.370 e. The molecule has 1 aromatic heterocycles. The van der Waals surface area contributed by atoms with Gasteiger partial charge < -0.3 is 9.64 Å². The van der Waals surface area contributed by atoms with Gasteiger partial charge in [-0.2, -0.15) is 0 Å². The number of hydrogen-bond donors (Lipinski definition) is 0. The van der Waals surface area contributed by atoms with Gasteiger partial charge >= 0.3 is 0 Å². The van der Waals surface area contributed by atoms with E-state index in [4.69, 9.17) is 4.74 Å². The van der Waals surface area contributed by atoms with Gasteiger partial charge in [-0.1, -0.05) is 42.5 Å². The Morgan fingerprint density at radius 2 is 1.82 bits per heavy atom.